The molecule has 0 aliphatic carbocycles. The molecule has 8 nitrogen and oxygen atoms in total. The van der Waals surface area contributed by atoms with E-state index in [-0.39, 0.29) is 11.5 Å². The number of carbonyl (C=O) groups is 1. The van der Waals surface area contributed by atoms with Crippen LogP contribution in [-0.2, 0) is 22.6 Å². The zero-order valence-electron chi connectivity index (χ0n) is 15.2. The zero-order chi connectivity index (χ0) is 20.1. The average molecular weight is 424 g/mol. The Hall–Kier alpha value is -2.58. The summed E-state index contributed by atoms with van der Waals surface area (Å²) >= 11 is 11.9. The number of aromatic nitrogens is 4. The number of benzene rings is 1. The Balaban J connectivity index is 1.65. The normalized spacial score (nSPS) is 11.0. The molecule has 3 rings (SSSR count). The number of H-pyrrole nitrogens is 1. The number of fused-ring (bicyclic) bond motifs is 1. The van der Waals surface area contributed by atoms with Crippen molar-refractivity contribution >= 4 is 46.2 Å². The van der Waals surface area contributed by atoms with Crippen LogP contribution in [0.4, 0.5) is 5.95 Å². The molecular weight excluding hydrogens is 405 g/mol. The fourth-order valence-electron chi connectivity index (χ4n) is 2.67. The summed E-state index contributed by atoms with van der Waals surface area (Å²) < 4.78 is 6.50. The van der Waals surface area contributed by atoms with Crippen LogP contribution in [0.1, 0.15) is 25.3 Å². The van der Waals surface area contributed by atoms with E-state index in [2.05, 4.69) is 20.4 Å². The van der Waals surface area contributed by atoms with E-state index in [1.54, 1.807) is 23.0 Å². The second-order valence-electron chi connectivity index (χ2n) is 6.17. The van der Waals surface area contributed by atoms with Gasteiger partial charge < -0.3 is 10.1 Å². The maximum Gasteiger partial charge on any atom is 0.302 e. The van der Waals surface area contributed by atoms with Gasteiger partial charge in [0.2, 0.25) is 5.95 Å². The molecule has 0 bridgehead atoms. The van der Waals surface area contributed by atoms with E-state index >= 15 is 0 Å². The molecule has 0 fully saturated rings. The van der Waals surface area contributed by atoms with Crippen molar-refractivity contribution in [2.45, 2.75) is 32.9 Å². The molecular formula is C18H19Cl2N5O3. The lowest BCUT2D eigenvalue weighted by molar-refractivity contribution is -0.141. The van der Waals surface area contributed by atoms with Crippen molar-refractivity contribution in [2.24, 2.45) is 0 Å². The molecule has 0 unspecified atom stereocenters. The number of ether oxygens (including phenoxy) is 1. The molecule has 0 aliphatic rings. The Kier molecular flexibility index (Phi) is 6.53. The van der Waals surface area contributed by atoms with E-state index in [9.17, 15) is 9.59 Å². The molecule has 148 valence electrons. The second kappa shape index (κ2) is 9.07. The molecule has 2 N–H and O–H groups in total. The highest BCUT2D eigenvalue weighted by Gasteiger charge is 2.10. The van der Waals surface area contributed by atoms with Crippen LogP contribution >= 0.6 is 23.2 Å². The van der Waals surface area contributed by atoms with Gasteiger partial charge in [0.05, 0.1) is 22.8 Å². The first-order valence-electron chi connectivity index (χ1n) is 8.71. The van der Waals surface area contributed by atoms with E-state index in [4.69, 9.17) is 27.9 Å². The minimum atomic E-state index is -0.300. The summed E-state index contributed by atoms with van der Waals surface area (Å²) in [6.07, 6.45) is 2.97. The lowest BCUT2D eigenvalue weighted by atomic mass is 10.2. The number of aryl methyl sites for hydroxylation is 1. The number of hydrogen-bond acceptors (Lipinski definition) is 6. The van der Waals surface area contributed by atoms with Crippen molar-refractivity contribution in [3.05, 3.63) is 50.4 Å². The first-order valence-corrected chi connectivity index (χ1v) is 9.46. The Morgan fingerprint density at radius 2 is 2.11 bits per heavy atom. The third kappa shape index (κ3) is 5.02. The van der Waals surface area contributed by atoms with Crippen LogP contribution in [0, 0.1) is 0 Å². The Labute approximate surface area is 170 Å². The highest BCUT2D eigenvalue weighted by molar-refractivity contribution is 6.42. The summed E-state index contributed by atoms with van der Waals surface area (Å²) in [7, 11) is 0. The molecule has 2 aromatic heterocycles. The van der Waals surface area contributed by atoms with Gasteiger partial charge in [-0.1, -0.05) is 29.3 Å². The number of anilines is 1. The van der Waals surface area contributed by atoms with Gasteiger partial charge in [-0.25, -0.2) is 4.98 Å². The molecule has 2 heterocycles. The summed E-state index contributed by atoms with van der Waals surface area (Å²) in [5.74, 6) is 0.0454. The number of rotatable bonds is 8. The van der Waals surface area contributed by atoms with Gasteiger partial charge in [0.25, 0.3) is 5.56 Å². The fourth-order valence-corrected chi connectivity index (χ4v) is 2.99. The van der Waals surface area contributed by atoms with Gasteiger partial charge >= 0.3 is 5.97 Å². The van der Waals surface area contributed by atoms with Crippen LogP contribution in [0.3, 0.4) is 0 Å². The van der Waals surface area contributed by atoms with Crippen LogP contribution in [0.25, 0.3) is 11.0 Å². The van der Waals surface area contributed by atoms with Crippen molar-refractivity contribution in [1.29, 1.82) is 0 Å². The topological polar surface area (TPSA) is 102 Å². The lowest BCUT2D eigenvalue weighted by Crippen LogP contribution is -2.16. The van der Waals surface area contributed by atoms with Crippen LogP contribution < -0.4 is 10.9 Å². The highest BCUT2D eigenvalue weighted by atomic mass is 35.5. The summed E-state index contributed by atoms with van der Waals surface area (Å²) in [6.45, 7) is 2.69. The second-order valence-corrected chi connectivity index (χ2v) is 6.98. The quantitative estimate of drug-likeness (QED) is 0.425. The predicted molar refractivity (Wildman–Crippen MR) is 108 cm³/mol. The summed E-state index contributed by atoms with van der Waals surface area (Å²) in [5.41, 5.74) is 1.53. The number of hydrogen-bond donors (Lipinski definition) is 2. The number of unbranched alkanes of at least 4 members (excludes halogenated alkanes) is 1. The van der Waals surface area contributed by atoms with E-state index in [1.165, 1.54) is 6.92 Å². The standard InChI is InChI=1S/C18H19Cl2N5O3/c1-11(26)28-7-3-2-6-25-16-15(10-22-25)23-18(24-17(16)27)21-9-12-4-5-13(19)14(20)8-12/h4-5,8,10H,2-3,6-7,9H2,1H3,(H2,21,23,24,27). The summed E-state index contributed by atoms with van der Waals surface area (Å²) in [4.78, 5) is 30.3. The van der Waals surface area contributed by atoms with Gasteiger partial charge in [-0.15, -0.1) is 0 Å². The third-order valence-corrected chi connectivity index (χ3v) is 4.75. The highest BCUT2D eigenvalue weighted by Crippen LogP contribution is 2.22. The van der Waals surface area contributed by atoms with Crippen molar-refractivity contribution in [1.82, 2.24) is 19.7 Å². The molecule has 0 amide bonds. The average Bonchev–Trinajstić information content (AvgIpc) is 3.06. The first kappa shape index (κ1) is 20.2. The van der Waals surface area contributed by atoms with Crippen molar-refractivity contribution in [2.75, 3.05) is 11.9 Å². The summed E-state index contributed by atoms with van der Waals surface area (Å²) in [5, 5.41) is 8.25. The van der Waals surface area contributed by atoms with E-state index in [0.29, 0.717) is 53.1 Å². The number of aromatic amines is 1. The van der Waals surface area contributed by atoms with E-state index in [0.717, 1.165) is 12.0 Å². The van der Waals surface area contributed by atoms with Crippen LogP contribution in [0.2, 0.25) is 10.0 Å². The number of nitrogens with zero attached hydrogens (tertiary/aromatic N) is 3. The first-order chi connectivity index (χ1) is 13.4. The van der Waals surface area contributed by atoms with Gasteiger partial charge in [-0.05, 0) is 30.5 Å². The smallest absolute Gasteiger partial charge is 0.302 e. The monoisotopic (exact) mass is 423 g/mol. The van der Waals surface area contributed by atoms with Crippen molar-refractivity contribution in [3.8, 4) is 0 Å². The molecule has 0 saturated carbocycles. The van der Waals surface area contributed by atoms with Gasteiger partial charge in [0.1, 0.15) is 5.52 Å². The van der Waals surface area contributed by atoms with Crippen molar-refractivity contribution < 1.29 is 9.53 Å². The van der Waals surface area contributed by atoms with Crippen LogP contribution in [0.5, 0.6) is 0 Å². The third-order valence-electron chi connectivity index (χ3n) is 4.01. The molecule has 0 radical (unpaired) electrons. The van der Waals surface area contributed by atoms with E-state index < -0.39 is 0 Å². The molecule has 1 aromatic carbocycles. The molecule has 10 heteroatoms. The molecule has 0 spiro atoms. The lowest BCUT2D eigenvalue weighted by Gasteiger charge is -2.07. The van der Waals surface area contributed by atoms with Gasteiger partial charge in [0, 0.05) is 20.0 Å². The number of halogens is 2. The van der Waals surface area contributed by atoms with Gasteiger partial charge in [0.15, 0.2) is 5.52 Å². The SMILES string of the molecule is CC(=O)OCCCCn1ncc2nc(NCc3ccc(Cl)c(Cl)c3)[nH]c(=O)c21. The Bertz CT molecular complexity index is 1050. The maximum absolute atomic E-state index is 12.5. The fraction of sp³-hybridized carbons (Fsp3) is 0.333. The van der Waals surface area contributed by atoms with Gasteiger partial charge in [-0.2, -0.15) is 5.10 Å². The minimum Gasteiger partial charge on any atom is -0.466 e. The maximum atomic E-state index is 12.5. The zero-order valence-corrected chi connectivity index (χ0v) is 16.7. The number of carbonyl (C=O) groups excluding carboxylic acids is 1. The molecule has 0 atom stereocenters. The summed E-state index contributed by atoms with van der Waals surface area (Å²) in [6, 6.07) is 5.30. The molecule has 0 saturated heterocycles. The van der Waals surface area contributed by atoms with Crippen LogP contribution in [-0.4, -0.2) is 32.3 Å². The number of nitrogens with one attached hydrogen (secondary N) is 2. The Morgan fingerprint density at radius 3 is 2.86 bits per heavy atom. The van der Waals surface area contributed by atoms with E-state index in [1.807, 2.05) is 6.07 Å². The van der Waals surface area contributed by atoms with Gasteiger partial charge in [-0.3, -0.25) is 19.3 Å². The largest absolute Gasteiger partial charge is 0.466 e. The number of esters is 1. The molecule has 0 aliphatic heterocycles. The molecule has 28 heavy (non-hydrogen) atoms. The van der Waals surface area contributed by atoms with Crippen LogP contribution in [0.15, 0.2) is 29.2 Å². The van der Waals surface area contributed by atoms with Crippen molar-refractivity contribution in [3.63, 3.8) is 0 Å². The Morgan fingerprint density at radius 1 is 1.29 bits per heavy atom. The predicted octanol–water partition coefficient (Wildman–Crippen LogP) is 3.38. The minimum absolute atomic E-state index is 0.279. The molecule has 3 aromatic rings.